The van der Waals surface area contributed by atoms with Crippen LogP contribution in [0.1, 0.15) is 54.3 Å². The normalized spacial score (nSPS) is 18.1. The third-order valence-electron chi connectivity index (χ3n) is 5.00. The predicted octanol–water partition coefficient (Wildman–Crippen LogP) is 1.08. The summed E-state index contributed by atoms with van der Waals surface area (Å²) in [7, 11) is 0. The first-order valence-electron chi connectivity index (χ1n) is 9.18. The predicted molar refractivity (Wildman–Crippen MR) is 99.5 cm³/mol. The fourth-order valence-corrected chi connectivity index (χ4v) is 3.52. The molecule has 3 amide bonds. The number of nitrogens with one attached hydrogen (secondary N) is 1. The van der Waals surface area contributed by atoms with Crippen molar-refractivity contribution in [2.24, 2.45) is 0 Å². The number of carboxylic acids is 1. The molecule has 0 bridgehead atoms. The van der Waals surface area contributed by atoms with E-state index in [-0.39, 0.29) is 40.6 Å². The molecule has 0 radical (unpaired) electrons. The Bertz CT molecular complexity index is 1030. The molecule has 29 heavy (non-hydrogen) atoms. The van der Waals surface area contributed by atoms with Crippen LogP contribution >= 0.6 is 0 Å². The van der Waals surface area contributed by atoms with Gasteiger partial charge in [0.25, 0.3) is 17.7 Å². The van der Waals surface area contributed by atoms with Crippen LogP contribution in [0.25, 0.3) is 0 Å². The van der Waals surface area contributed by atoms with Gasteiger partial charge in [0.2, 0.25) is 0 Å². The Morgan fingerprint density at radius 1 is 1.07 bits per heavy atom. The second-order valence-electron chi connectivity index (χ2n) is 6.94. The van der Waals surface area contributed by atoms with Gasteiger partial charge in [-0.05, 0) is 48.7 Å². The standard InChI is InChI=1S/C21H18N2O6/c24-18(22-14-4-1-3-13(9-14)21(27)28)12-6-7-16-17(10-12)20(26)23(19(16)25)11-15-5-2-8-29-15/h1,3-4,6-7,9-10,15H,2,5,8,11H2,(H,22,24)(H,27,28)/p-1/t15-/m1/s1. The van der Waals surface area contributed by atoms with Crippen molar-refractivity contribution in [2.45, 2.75) is 18.9 Å². The van der Waals surface area contributed by atoms with E-state index in [2.05, 4.69) is 5.32 Å². The smallest absolute Gasteiger partial charge is 0.261 e. The number of hydrogen-bond donors (Lipinski definition) is 1. The second kappa shape index (κ2) is 7.48. The fraction of sp³-hybridized carbons (Fsp3) is 0.238. The van der Waals surface area contributed by atoms with Crippen LogP contribution in [-0.2, 0) is 4.74 Å². The Balaban J connectivity index is 1.53. The highest BCUT2D eigenvalue weighted by Crippen LogP contribution is 2.26. The topological polar surface area (TPSA) is 116 Å². The van der Waals surface area contributed by atoms with Gasteiger partial charge in [-0.2, -0.15) is 0 Å². The van der Waals surface area contributed by atoms with Crippen LogP contribution in [0.2, 0.25) is 0 Å². The van der Waals surface area contributed by atoms with E-state index in [0.717, 1.165) is 17.7 Å². The summed E-state index contributed by atoms with van der Waals surface area (Å²) in [5, 5.41) is 13.5. The van der Waals surface area contributed by atoms with E-state index < -0.39 is 23.7 Å². The summed E-state index contributed by atoms with van der Waals surface area (Å²) in [6, 6.07) is 9.94. The molecule has 0 spiro atoms. The third kappa shape index (κ3) is 3.62. The Morgan fingerprint density at radius 2 is 1.86 bits per heavy atom. The summed E-state index contributed by atoms with van der Waals surface area (Å²) in [4.78, 5) is 49.9. The van der Waals surface area contributed by atoms with Gasteiger partial charge >= 0.3 is 0 Å². The molecule has 0 unspecified atom stereocenters. The summed E-state index contributed by atoms with van der Waals surface area (Å²) >= 11 is 0. The van der Waals surface area contributed by atoms with Crippen LogP contribution in [-0.4, -0.2) is 47.8 Å². The molecule has 8 heteroatoms. The van der Waals surface area contributed by atoms with E-state index in [1.54, 1.807) is 0 Å². The first kappa shape index (κ1) is 18.8. The molecule has 2 aromatic carbocycles. The van der Waals surface area contributed by atoms with E-state index in [1.165, 1.54) is 42.5 Å². The van der Waals surface area contributed by atoms with Crippen molar-refractivity contribution < 1.29 is 29.0 Å². The largest absolute Gasteiger partial charge is 0.545 e. The molecule has 0 aromatic heterocycles. The lowest BCUT2D eigenvalue weighted by Crippen LogP contribution is -2.36. The Kier molecular flexibility index (Phi) is 4.85. The van der Waals surface area contributed by atoms with E-state index in [9.17, 15) is 24.3 Å². The number of carbonyl (C=O) groups is 4. The Labute approximate surface area is 166 Å². The highest BCUT2D eigenvalue weighted by Gasteiger charge is 2.37. The number of anilines is 1. The molecule has 2 heterocycles. The molecular formula is C21H17N2O6-. The van der Waals surface area contributed by atoms with Crippen molar-refractivity contribution in [3.63, 3.8) is 0 Å². The number of benzene rings is 2. The van der Waals surface area contributed by atoms with E-state index >= 15 is 0 Å². The van der Waals surface area contributed by atoms with Crippen LogP contribution in [0.4, 0.5) is 5.69 Å². The van der Waals surface area contributed by atoms with E-state index in [0.29, 0.717) is 6.61 Å². The number of carboxylic acid groups (broad SMARTS) is 1. The summed E-state index contributed by atoms with van der Waals surface area (Å²) in [6.45, 7) is 0.821. The zero-order valence-electron chi connectivity index (χ0n) is 15.3. The average molecular weight is 393 g/mol. The van der Waals surface area contributed by atoms with Crippen LogP contribution in [0.5, 0.6) is 0 Å². The van der Waals surface area contributed by atoms with Gasteiger partial charge in [-0.3, -0.25) is 19.3 Å². The molecule has 148 valence electrons. The highest BCUT2D eigenvalue weighted by atomic mass is 16.5. The molecule has 1 saturated heterocycles. The summed E-state index contributed by atoms with van der Waals surface area (Å²) in [5.74, 6) is -2.72. The zero-order valence-corrected chi connectivity index (χ0v) is 15.3. The molecule has 1 N–H and O–H groups in total. The minimum absolute atomic E-state index is 0.0673. The number of fused-ring (bicyclic) bond motifs is 1. The monoisotopic (exact) mass is 393 g/mol. The number of aromatic carboxylic acids is 1. The van der Waals surface area contributed by atoms with Crippen molar-refractivity contribution in [1.82, 2.24) is 4.90 Å². The summed E-state index contributed by atoms with van der Waals surface area (Å²) in [6.07, 6.45) is 1.54. The number of imide groups is 1. The lowest BCUT2D eigenvalue weighted by Gasteiger charge is -2.17. The molecule has 0 saturated carbocycles. The molecule has 2 aliphatic heterocycles. The van der Waals surface area contributed by atoms with Gasteiger partial charge in [0.05, 0.1) is 29.7 Å². The maximum absolute atomic E-state index is 12.7. The number of ether oxygens (including phenoxy) is 1. The van der Waals surface area contributed by atoms with Gasteiger partial charge in [0.1, 0.15) is 0 Å². The molecule has 8 nitrogen and oxygen atoms in total. The zero-order chi connectivity index (χ0) is 20.5. The molecule has 1 atom stereocenters. The maximum Gasteiger partial charge on any atom is 0.261 e. The molecule has 0 aliphatic carbocycles. The van der Waals surface area contributed by atoms with E-state index in [1.807, 2.05) is 0 Å². The van der Waals surface area contributed by atoms with Gasteiger partial charge in [0.15, 0.2) is 0 Å². The van der Waals surface area contributed by atoms with Crippen molar-refractivity contribution >= 4 is 29.4 Å². The number of hydrogen-bond acceptors (Lipinski definition) is 6. The summed E-state index contributed by atoms with van der Waals surface area (Å²) in [5.41, 5.74) is 0.817. The van der Waals surface area contributed by atoms with E-state index in [4.69, 9.17) is 4.74 Å². The molecule has 1 fully saturated rings. The second-order valence-corrected chi connectivity index (χ2v) is 6.94. The number of nitrogens with zero attached hydrogens (tertiary/aromatic N) is 1. The van der Waals surface area contributed by atoms with Gasteiger partial charge in [-0.1, -0.05) is 12.1 Å². The van der Waals surface area contributed by atoms with Crippen LogP contribution in [0.3, 0.4) is 0 Å². The Hall–Kier alpha value is -3.52. The lowest BCUT2D eigenvalue weighted by atomic mass is 10.1. The van der Waals surface area contributed by atoms with Crippen molar-refractivity contribution in [1.29, 1.82) is 0 Å². The van der Waals surface area contributed by atoms with Crippen LogP contribution in [0, 0.1) is 0 Å². The van der Waals surface area contributed by atoms with Gasteiger partial charge < -0.3 is 20.0 Å². The SMILES string of the molecule is O=C([O-])c1cccc(NC(=O)c2ccc3c(c2)C(=O)N(C[C@H]2CCCO2)C3=O)c1. The van der Waals surface area contributed by atoms with Crippen molar-refractivity contribution in [3.05, 3.63) is 64.7 Å². The lowest BCUT2D eigenvalue weighted by molar-refractivity contribution is -0.255. The van der Waals surface area contributed by atoms with Crippen LogP contribution < -0.4 is 10.4 Å². The average Bonchev–Trinajstić information content (AvgIpc) is 3.31. The van der Waals surface area contributed by atoms with Crippen LogP contribution in [0.15, 0.2) is 42.5 Å². The van der Waals surface area contributed by atoms with Gasteiger partial charge in [0, 0.05) is 17.9 Å². The Morgan fingerprint density at radius 3 is 2.59 bits per heavy atom. The number of rotatable bonds is 5. The highest BCUT2D eigenvalue weighted by molar-refractivity contribution is 6.22. The van der Waals surface area contributed by atoms with Gasteiger partial charge in [-0.15, -0.1) is 0 Å². The molecular weight excluding hydrogens is 376 g/mol. The quantitative estimate of drug-likeness (QED) is 0.760. The van der Waals surface area contributed by atoms with Crippen molar-refractivity contribution in [3.8, 4) is 0 Å². The summed E-state index contributed by atoms with van der Waals surface area (Å²) < 4.78 is 5.51. The molecule has 2 aromatic rings. The number of amides is 3. The first-order chi connectivity index (χ1) is 13.9. The number of carbonyl (C=O) groups excluding carboxylic acids is 4. The van der Waals surface area contributed by atoms with Gasteiger partial charge in [-0.25, -0.2) is 0 Å². The molecule has 4 rings (SSSR count). The van der Waals surface area contributed by atoms with Crippen molar-refractivity contribution in [2.75, 3.05) is 18.5 Å². The minimum atomic E-state index is -1.35. The maximum atomic E-state index is 12.7. The first-order valence-corrected chi connectivity index (χ1v) is 9.18. The third-order valence-corrected chi connectivity index (χ3v) is 5.00. The minimum Gasteiger partial charge on any atom is -0.545 e. The molecule has 2 aliphatic rings. The fourth-order valence-electron chi connectivity index (χ4n) is 3.52.